The Morgan fingerprint density at radius 3 is 2.57 bits per heavy atom. The van der Waals surface area contributed by atoms with E-state index in [9.17, 15) is 23.3 Å². The molecular formula is C12H15NO7S. The van der Waals surface area contributed by atoms with Gasteiger partial charge in [0, 0.05) is 17.7 Å². The average Bonchev–Trinajstić information content (AvgIpc) is 2.37. The number of nitro benzene ring substituents is 1. The van der Waals surface area contributed by atoms with Crippen LogP contribution < -0.4 is 4.74 Å². The number of benzene rings is 1. The highest BCUT2D eigenvalue weighted by Crippen LogP contribution is 2.26. The molecule has 1 aromatic carbocycles. The number of non-ortho nitro benzene ring substituents is 1. The number of nitro groups is 1. The number of hydrogen-bond acceptors (Lipinski definition) is 6. The maximum absolute atomic E-state index is 12.0. The number of methoxy groups -OCH3 is 1. The molecule has 0 spiro atoms. The van der Waals surface area contributed by atoms with Crippen LogP contribution >= 0.6 is 0 Å². The third kappa shape index (κ3) is 4.71. The normalized spacial score (nSPS) is 12.7. The Hall–Kier alpha value is -2.16. The van der Waals surface area contributed by atoms with Gasteiger partial charge in [0.25, 0.3) is 5.69 Å². The fourth-order valence-electron chi connectivity index (χ4n) is 1.74. The van der Waals surface area contributed by atoms with Crippen molar-refractivity contribution < 1.29 is 28.0 Å². The van der Waals surface area contributed by atoms with E-state index >= 15 is 0 Å². The summed E-state index contributed by atoms with van der Waals surface area (Å²) in [5.41, 5.74) is -0.128. The standard InChI is InChI=1S/C12H15NO7S/c1-8(12(14)15)6-21(18,19)7-9-5-10(13(16)17)3-4-11(9)20-2/h3-5,8H,6-7H2,1-2H3,(H,14,15). The summed E-state index contributed by atoms with van der Waals surface area (Å²) in [7, 11) is -2.42. The maximum Gasteiger partial charge on any atom is 0.307 e. The van der Waals surface area contributed by atoms with Crippen LogP contribution in [-0.2, 0) is 20.4 Å². The van der Waals surface area contributed by atoms with Gasteiger partial charge in [0.05, 0.1) is 29.5 Å². The lowest BCUT2D eigenvalue weighted by atomic mass is 10.2. The molecule has 0 amide bonds. The van der Waals surface area contributed by atoms with Gasteiger partial charge in [-0.2, -0.15) is 0 Å². The summed E-state index contributed by atoms with van der Waals surface area (Å²) >= 11 is 0. The highest BCUT2D eigenvalue weighted by Gasteiger charge is 2.23. The summed E-state index contributed by atoms with van der Waals surface area (Å²) in [6.07, 6.45) is 0. The van der Waals surface area contributed by atoms with Gasteiger partial charge in [0.15, 0.2) is 9.84 Å². The molecule has 0 bridgehead atoms. The lowest BCUT2D eigenvalue weighted by Gasteiger charge is -2.10. The minimum Gasteiger partial charge on any atom is -0.496 e. The Morgan fingerprint density at radius 2 is 2.10 bits per heavy atom. The molecule has 1 aromatic rings. The summed E-state index contributed by atoms with van der Waals surface area (Å²) < 4.78 is 28.9. The van der Waals surface area contributed by atoms with E-state index in [-0.39, 0.29) is 17.0 Å². The highest BCUT2D eigenvalue weighted by molar-refractivity contribution is 7.90. The Kier molecular flexibility index (Phi) is 5.25. The van der Waals surface area contributed by atoms with Crippen LogP contribution in [0.2, 0.25) is 0 Å². The van der Waals surface area contributed by atoms with Crippen molar-refractivity contribution in [3.05, 3.63) is 33.9 Å². The van der Waals surface area contributed by atoms with Crippen LogP contribution in [0.5, 0.6) is 5.75 Å². The molecule has 0 radical (unpaired) electrons. The predicted octanol–water partition coefficient (Wildman–Crippen LogP) is 1.24. The number of sulfone groups is 1. The fourth-order valence-corrected chi connectivity index (χ4v) is 3.46. The first-order valence-electron chi connectivity index (χ1n) is 5.91. The van der Waals surface area contributed by atoms with Crippen molar-refractivity contribution in [2.45, 2.75) is 12.7 Å². The number of carboxylic acid groups (broad SMARTS) is 1. The van der Waals surface area contributed by atoms with Crippen LogP contribution in [0, 0.1) is 16.0 Å². The quantitative estimate of drug-likeness (QED) is 0.592. The van der Waals surface area contributed by atoms with Crippen molar-refractivity contribution in [2.24, 2.45) is 5.92 Å². The fraction of sp³-hybridized carbons (Fsp3) is 0.417. The largest absolute Gasteiger partial charge is 0.496 e. The van der Waals surface area contributed by atoms with Crippen molar-refractivity contribution >= 4 is 21.5 Å². The minimum absolute atomic E-state index is 0.129. The molecule has 1 rings (SSSR count). The van der Waals surface area contributed by atoms with Gasteiger partial charge in [-0.15, -0.1) is 0 Å². The van der Waals surface area contributed by atoms with E-state index in [0.29, 0.717) is 0 Å². The van der Waals surface area contributed by atoms with Crippen LogP contribution in [-0.4, -0.2) is 37.3 Å². The second-order valence-electron chi connectivity index (χ2n) is 4.55. The molecule has 21 heavy (non-hydrogen) atoms. The molecule has 0 fully saturated rings. The van der Waals surface area contributed by atoms with Crippen LogP contribution in [0.3, 0.4) is 0 Å². The molecule has 0 aliphatic rings. The van der Waals surface area contributed by atoms with Crippen molar-refractivity contribution in [1.82, 2.24) is 0 Å². The molecule has 0 aromatic heterocycles. The molecule has 0 aliphatic carbocycles. The summed E-state index contributed by atoms with van der Waals surface area (Å²) in [4.78, 5) is 20.8. The van der Waals surface area contributed by atoms with Gasteiger partial charge in [0.2, 0.25) is 0 Å². The zero-order valence-corrected chi connectivity index (χ0v) is 12.3. The summed E-state index contributed by atoms with van der Waals surface area (Å²) in [6, 6.07) is 3.63. The van der Waals surface area contributed by atoms with E-state index in [1.54, 1.807) is 0 Å². The zero-order valence-electron chi connectivity index (χ0n) is 11.5. The summed E-state index contributed by atoms with van der Waals surface area (Å²) in [5, 5.41) is 19.5. The van der Waals surface area contributed by atoms with Crippen LogP contribution in [0.1, 0.15) is 12.5 Å². The number of ether oxygens (including phenoxy) is 1. The summed E-state index contributed by atoms with van der Waals surface area (Å²) in [5.74, 6) is -3.14. The Bertz CT molecular complexity index is 654. The van der Waals surface area contributed by atoms with E-state index in [1.807, 2.05) is 0 Å². The highest BCUT2D eigenvalue weighted by atomic mass is 32.2. The predicted molar refractivity (Wildman–Crippen MR) is 73.9 cm³/mol. The first kappa shape index (κ1) is 16.9. The minimum atomic E-state index is -3.74. The second-order valence-corrected chi connectivity index (χ2v) is 6.66. The first-order valence-corrected chi connectivity index (χ1v) is 7.73. The van der Waals surface area contributed by atoms with Gasteiger partial charge in [0.1, 0.15) is 5.75 Å². The van der Waals surface area contributed by atoms with Crippen molar-refractivity contribution in [3.63, 3.8) is 0 Å². The number of hydrogen-bond donors (Lipinski definition) is 1. The van der Waals surface area contributed by atoms with Crippen molar-refractivity contribution in [3.8, 4) is 5.75 Å². The van der Waals surface area contributed by atoms with Gasteiger partial charge < -0.3 is 9.84 Å². The van der Waals surface area contributed by atoms with E-state index in [4.69, 9.17) is 9.84 Å². The molecule has 0 heterocycles. The molecule has 0 aliphatic heterocycles. The maximum atomic E-state index is 12.0. The van der Waals surface area contributed by atoms with E-state index in [2.05, 4.69) is 0 Å². The third-order valence-corrected chi connectivity index (χ3v) is 4.53. The van der Waals surface area contributed by atoms with Crippen molar-refractivity contribution in [1.29, 1.82) is 0 Å². The Labute approximate surface area is 121 Å². The van der Waals surface area contributed by atoms with E-state index < -0.39 is 38.2 Å². The molecule has 8 nitrogen and oxygen atoms in total. The number of carboxylic acids is 1. The number of rotatable bonds is 7. The molecule has 9 heteroatoms. The van der Waals surface area contributed by atoms with Crippen molar-refractivity contribution in [2.75, 3.05) is 12.9 Å². The summed E-state index contributed by atoms with van der Waals surface area (Å²) in [6.45, 7) is 1.28. The van der Waals surface area contributed by atoms with E-state index in [0.717, 1.165) is 6.07 Å². The van der Waals surface area contributed by atoms with Gasteiger partial charge in [-0.1, -0.05) is 6.92 Å². The third-order valence-electron chi connectivity index (χ3n) is 2.78. The second kappa shape index (κ2) is 6.53. The van der Waals surface area contributed by atoms with Gasteiger partial charge in [-0.3, -0.25) is 14.9 Å². The van der Waals surface area contributed by atoms with Gasteiger partial charge in [-0.25, -0.2) is 8.42 Å². The molecular weight excluding hydrogens is 302 g/mol. The molecule has 1 atom stereocenters. The zero-order chi connectivity index (χ0) is 16.2. The first-order chi connectivity index (χ1) is 9.66. The number of aliphatic carboxylic acids is 1. The SMILES string of the molecule is COc1ccc([N+](=O)[O-])cc1CS(=O)(=O)CC(C)C(=O)O. The molecule has 0 saturated carbocycles. The smallest absolute Gasteiger partial charge is 0.307 e. The van der Waals surface area contributed by atoms with Gasteiger partial charge >= 0.3 is 5.97 Å². The lowest BCUT2D eigenvalue weighted by molar-refractivity contribution is -0.384. The van der Waals surface area contributed by atoms with Crippen LogP contribution in [0.4, 0.5) is 5.69 Å². The van der Waals surface area contributed by atoms with Gasteiger partial charge in [-0.05, 0) is 6.07 Å². The molecule has 0 saturated heterocycles. The average molecular weight is 317 g/mol. The lowest BCUT2D eigenvalue weighted by Crippen LogP contribution is -2.22. The molecule has 116 valence electrons. The topological polar surface area (TPSA) is 124 Å². The molecule has 1 N–H and O–H groups in total. The Morgan fingerprint density at radius 1 is 1.48 bits per heavy atom. The van der Waals surface area contributed by atoms with E-state index in [1.165, 1.54) is 26.2 Å². The number of carbonyl (C=O) groups is 1. The Balaban J connectivity index is 3.07. The monoisotopic (exact) mass is 317 g/mol. The molecule has 1 unspecified atom stereocenters. The van der Waals surface area contributed by atoms with Crippen LogP contribution in [0.15, 0.2) is 18.2 Å². The number of nitrogens with zero attached hydrogens (tertiary/aromatic N) is 1. The van der Waals surface area contributed by atoms with Crippen LogP contribution in [0.25, 0.3) is 0 Å².